The lowest BCUT2D eigenvalue weighted by molar-refractivity contribution is -0.0498. The van der Waals surface area contributed by atoms with Gasteiger partial charge in [0.15, 0.2) is 0 Å². The molecule has 3 rings (SSSR count). The van der Waals surface area contributed by atoms with Crippen LogP contribution in [-0.4, -0.2) is 17.7 Å². The summed E-state index contributed by atoms with van der Waals surface area (Å²) in [6.07, 6.45) is 0. The normalized spacial score (nSPS) is 12.0. The lowest BCUT2D eigenvalue weighted by atomic mass is 10.0. The Kier molecular flexibility index (Phi) is 5.49. The number of carbonyl (C=O) groups is 1. The second kappa shape index (κ2) is 7.99. The Morgan fingerprint density at radius 3 is 2.41 bits per heavy atom. The van der Waals surface area contributed by atoms with Crippen LogP contribution in [0, 0.1) is 6.92 Å². The minimum atomic E-state index is -2.87. The van der Waals surface area contributed by atoms with Crippen LogP contribution in [0.15, 0.2) is 59.1 Å². The Bertz CT molecular complexity index is 909. The van der Waals surface area contributed by atoms with Crippen LogP contribution >= 0.6 is 0 Å². The summed E-state index contributed by atoms with van der Waals surface area (Å²) >= 11 is 0. The molecule has 0 aliphatic carbocycles. The number of amides is 1. The van der Waals surface area contributed by atoms with Gasteiger partial charge in [-0.25, -0.2) is 0 Å². The maximum Gasteiger partial charge on any atom is 0.387 e. The van der Waals surface area contributed by atoms with E-state index >= 15 is 0 Å². The van der Waals surface area contributed by atoms with E-state index in [0.29, 0.717) is 17.0 Å². The minimum Gasteiger partial charge on any atom is -0.435 e. The average molecular weight is 372 g/mol. The molecular weight excluding hydrogens is 354 g/mol. The molecule has 0 aliphatic rings. The summed E-state index contributed by atoms with van der Waals surface area (Å²) in [5.74, 6) is 0.153. The molecule has 7 heteroatoms. The molecule has 0 saturated heterocycles. The van der Waals surface area contributed by atoms with Crippen LogP contribution in [0.1, 0.15) is 34.6 Å². The number of ether oxygens (including phenoxy) is 1. The molecule has 0 radical (unpaired) electrons. The van der Waals surface area contributed by atoms with Gasteiger partial charge in [0.05, 0.1) is 6.04 Å². The van der Waals surface area contributed by atoms with Gasteiger partial charge in [0, 0.05) is 5.56 Å². The maximum absolute atomic E-state index is 12.8. The van der Waals surface area contributed by atoms with Crippen molar-refractivity contribution in [2.45, 2.75) is 26.5 Å². The van der Waals surface area contributed by atoms with Crippen molar-refractivity contribution in [3.63, 3.8) is 0 Å². The fraction of sp³-hybridized carbons (Fsp3) is 0.200. The molecule has 1 heterocycles. The smallest absolute Gasteiger partial charge is 0.387 e. The van der Waals surface area contributed by atoms with Crippen molar-refractivity contribution in [1.82, 2.24) is 10.5 Å². The highest BCUT2D eigenvalue weighted by Gasteiger charge is 2.23. The summed E-state index contributed by atoms with van der Waals surface area (Å²) in [5, 5.41) is 6.88. The van der Waals surface area contributed by atoms with Gasteiger partial charge in [-0.1, -0.05) is 47.6 Å². The van der Waals surface area contributed by atoms with E-state index in [9.17, 15) is 13.6 Å². The second-order valence-corrected chi connectivity index (χ2v) is 5.97. The molecule has 1 atom stereocenters. The fourth-order valence-electron chi connectivity index (χ4n) is 2.72. The molecule has 1 aromatic heterocycles. The van der Waals surface area contributed by atoms with Gasteiger partial charge in [-0.05, 0) is 31.5 Å². The predicted octanol–water partition coefficient (Wildman–Crippen LogP) is 4.74. The van der Waals surface area contributed by atoms with E-state index in [4.69, 9.17) is 4.52 Å². The number of nitrogens with one attached hydrogen (secondary N) is 1. The Hall–Kier alpha value is -3.22. The Morgan fingerprint density at radius 2 is 1.78 bits per heavy atom. The average Bonchev–Trinajstić information content (AvgIpc) is 3.04. The van der Waals surface area contributed by atoms with E-state index in [0.717, 1.165) is 11.1 Å². The topological polar surface area (TPSA) is 64.4 Å². The minimum absolute atomic E-state index is 0.0634. The molecule has 0 spiro atoms. The first kappa shape index (κ1) is 18.6. The highest BCUT2D eigenvalue weighted by Crippen LogP contribution is 2.26. The number of rotatable bonds is 6. The summed E-state index contributed by atoms with van der Waals surface area (Å²) in [6, 6.07) is 15.0. The van der Waals surface area contributed by atoms with Crippen molar-refractivity contribution in [2.24, 2.45) is 0 Å². The van der Waals surface area contributed by atoms with E-state index in [2.05, 4.69) is 15.2 Å². The van der Waals surface area contributed by atoms with Gasteiger partial charge in [0.1, 0.15) is 22.8 Å². The number of halogens is 2. The van der Waals surface area contributed by atoms with Gasteiger partial charge >= 0.3 is 6.61 Å². The van der Waals surface area contributed by atoms with E-state index in [-0.39, 0.29) is 17.7 Å². The summed E-state index contributed by atoms with van der Waals surface area (Å²) in [7, 11) is 0. The van der Waals surface area contributed by atoms with Crippen molar-refractivity contribution < 1.29 is 22.8 Å². The molecule has 27 heavy (non-hydrogen) atoms. The lowest BCUT2D eigenvalue weighted by Crippen LogP contribution is -2.27. The molecule has 140 valence electrons. The predicted molar refractivity (Wildman–Crippen MR) is 95.6 cm³/mol. The van der Waals surface area contributed by atoms with E-state index < -0.39 is 6.61 Å². The summed E-state index contributed by atoms with van der Waals surface area (Å²) in [6.45, 7) is 0.599. The first-order valence-electron chi connectivity index (χ1n) is 8.33. The first-order valence-corrected chi connectivity index (χ1v) is 8.33. The van der Waals surface area contributed by atoms with Crippen molar-refractivity contribution in [3.05, 3.63) is 71.5 Å². The quantitative estimate of drug-likeness (QED) is 0.679. The van der Waals surface area contributed by atoms with Gasteiger partial charge in [-0.3, -0.25) is 4.79 Å². The Morgan fingerprint density at radius 1 is 1.11 bits per heavy atom. The molecule has 5 nitrogen and oxygen atoms in total. The SMILES string of the molecule is Cc1onc(-c2ccccc2)c1C(=O)NC(C)c1ccc(OC(F)F)cc1. The molecule has 0 fully saturated rings. The zero-order chi connectivity index (χ0) is 19.4. The van der Waals surface area contributed by atoms with Crippen LogP contribution in [-0.2, 0) is 0 Å². The fourth-order valence-corrected chi connectivity index (χ4v) is 2.72. The molecular formula is C20H18F2N2O3. The molecule has 1 amide bonds. The number of hydrogen-bond donors (Lipinski definition) is 1. The van der Waals surface area contributed by atoms with Crippen molar-refractivity contribution in [3.8, 4) is 17.0 Å². The van der Waals surface area contributed by atoms with Gasteiger partial charge in [-0.2, -0.15) is 8.78 Å². The Labute approximate surface area is 154 Å². The number of benzene rings is 2. The zero-order valence-corrected chi connectivity index (χ0v) is 14.8. The van der Waals surface area contributed by atoms with E-state index in [1.807, 2.05) is 30.3 Å². The van der Waals surface area contributed by atoms with Crippen LogP contribution in [0.25, 0.3) is 11.3 Å². The summed E-state index contributed by atoms with van der Waals surface area (Å²) in [4.78, 5) is 12.8. The number of nitrogens with zero attached hydrogens (tertiary/aromatic N) is 1. The number of hydrogen-bond acceptors (Lipinski definition) is 4. The Balaban J connectivity index is 1.77. The standard InChI is InChI=1S/C20H18F2N2O3/c1-12(14-8-10-16(11-9-14)26-20(21)22)23-19(25)17-13(2)27-24-18(17)15-6-4-3-5-7-15/h3-12,20H,1-2H3,(H,23,25). The third-order valence-electron chi connectivity index (χ3n) is 4.09. The molecule has 3 aromatic rings. The first-order chi connectivity index (χ1) is 13.0. The van der Waals surface area contributed by atoms with Gasteiger partial charge in [0.2, 0.25) is 0 Å². The van der Waals surface area contributed by atoms with Crippen LogP contribution in [0.5, 0.6) is 5.75 Å². The largest absolute Gasteiger partial charge is 0.435 e. The van der Waals surface area contributed by atoms with Gasteiger partial charge < -0.3 is 14.6 Å². The van der Waals surface area contributed by atoms with Gasteiger partial charge in [-0.15, -0.1) is 0 Å². The highest BCUT2D eigenvalue weighted by molar-refractivity contribution is 6.00. The van der Waals surface area contributed by atoms with Crippen molar-refractivity contribution in [2.75, 3.05) is 0 Å². The summed E-state index contributed by atoms with van der Waals surface area (Å²) in [5.41, 5.74) is 2.37. The number of aromatic nitrogens is 1. The van der Waals surface area contributed by atoms with Gasteiger partial charge in [0.25, 0.3) is 5.91 Å². The van der Waals surface area contributed by atoms with Crippen LogP contribution in [0.4, 0.5) is 8.78 Å². The maximum atomic E-state index is 12.8. The van der Waals surface area contributed by atoms with E-state index in [1.54, 1.807) is 26.0 Å². The molecule has 0 bridgehead atoms. The zero-order valence-electron chi connectivity index (χ0n) is 14.8. The monoisotopic (exact) mass is 372 g/mol. The van der Waals surface area contributed by atoms with Crippen LogP contribution in [0.3, 0.4) is 0 Å². The second-order valence-electron chi connectivity index (χ2n) is 5.97. The third kappa shape index (κ3) is 4.31. The highest BCUT2D eigenvalue weighted by atomic mass is 19.3. The molecule has 2 aromatic carbocycles. The molecule has 1 N–H and O–H groups in total. The lowest BCUT2D eigenvalue weighted by Gasteiger charge is -2.15. The van der Waals surface area contributed by atoms with E-state index in [1.165, 1.54) is 12.1 Å². The molecule has 1 unspecified atom stereocenters. The molecule has 0 saturated carbocycles. The van der Waals surface area contributed by atoms with Crippen molar-refractivity contribution in [1.29, 1.82) is 0 Å². The van der Waals surface area contributed by atoms with Crippen LogP contribution in [0.2, 0.25) is 0 Å². The van der Waals surface area contributed by atoms with Crippen molar-refractivity contribution >= 4 is 5.91 Å². The van der Waals surface area contributed by atoms with Crippen LogP contribution < -0.4 is 10.1 Å². The summed E-state index contributed by atoms with van der Waals surface area (Å²) < 4.78 is 34.0. The number of aryl methyl sites for hydroxylation is 1. The third-order valence-corrected chi connectivity index (χ3v) is 4.09. The number of alkyl halides is 2. The molecule has 0 aliphatic heterocycles. The number of carbonyl (C=O) groups excluding carboxylic acids is 1.